The Morgan fingerprint density at radius 2 is 2.05 bits per heavy atom. The molecule has 5 heteroatoms. The maximum atomic E-state index is 11.5. The first-order valence-electron chi connectivity index (χ1n) is 7.32. The molecule has 0 radical (unpaired) electrons. The Labute approximate surface area is 115 Å². The zero-order valence-corrected chi connectivity index (χ0v) is 12.1. The lowest BCUT2D eigenvalue weighted by atomic mass is 10.1. The van der Waals surface area contributed by atoms with Crippen molar-refractivity contribution in [3.8, 4) is 0 Å². The van der Waals surface area contributed by atoms with Crippen LogP contribution in [0.2, 0.25) is 0 Å². The average Bonchev–Trinajstić information content (AvgIpc) is 2.87. The molecule has 0 spiro atoms. The van der Waals surface area contributed by atoms with Gasteiger partial charge in [0, 0.05) is 13.0 Å². The molecule has 0 aromatic carbocycles. The summed E-state index contributed by atoms with van der Waals surface area (Å²) >= 11 is 0. The predicted molar refractivity (Wildman–Crippen MR) is 75.7 cm³/mol. The highest BCUT2D eigenvalue weighted by atomic mass is 16.2. The van der Waals surface area contributed by atoms with E-state index in [4.69, 9.17) is 0 Å². The smallest absolute Gasteiger partial charge is 0.239 e. The summed E-state index contributed by atoms with van der Waals surface area (Å²) in [4.78, 5) is 23.0. The standard InChI is InChI=1S/C14H27N3O2/c1-11(2)3-4-13(18)17-10-14(19)16-8-6-12-5-7-15-9-12/h11-12,15H,3-10H2,1-2H3,(H,16,19)(H,17,18). The van der Waals surface area contributed by atoms with Gasteiger partial charge in [0.1, 0.15) is 0 Å². The van der Waals surface area contributed by atoms with Crippen molar-refractivity contribution in [2.24, 2.45) is 11.8 Å². The molecular formula is C14H27N3O2. The van der Waals surface area contributed by atoms with Gasteiger partial charge in [0.05, 0.1) is 6.54 Å². The van der Waals surface area contributed by atoms with E-state index in [1.807, 2.05) is 0 Å². The quantitative estimate of drug-likeness (QED) is 0.606. The molecule has 5 nitrogen and oxygen atoms in total. The van der Waals surface area contributed by atoms with Crippen molar-refractivity contribution in [1.29, 1.82) is 0 Å². The molecule has 1 aliphatic rings. The van der Waals surface area contributed by atoms with E-state index in [0.717, 1.165) is 25.9 Å². The van der Waals surface area contributed by atoms with Crippen molar-refractivity contribution in [1.82, 2.24) is 16.0 Å². The SMILES string of the molecule is CC(C)CCC(=O)NCC(=O)NCCC1CCNC1. The van der Waals surface area contributed by atoms with Gasteiger partial charge < -0.3 is 16.0 Å². The summed E-state index contributed by atoms with van der Waals surface area (Å²) < 4.78 is 0. The summed E-state index contributed by atoms with van der Waals surface area (Å²) in [6.45, 7) is 7.11. The third-order valence-corrected chi connectivity index (χ3v) is 3.43. The third kappa shape index (κ3) is 7.82. The van der Waals surface area contributed by atoms with Crippen LogP contribution in [0.15, 0.2) is 0 Å². The molecule has 3 N–H and O–H groups in total. The van der Waals surface area contributed by atoms with E-state index in [1.165, 1.54) is 6.42 Å². The Morgan fingerprint density at radius 3 is 2.68 bits per heavy atom. The second-order valence-electron chi connectivity index (χ2n) is 5.71. The van der Waals surface area contributed by atoms with Gasteiger partial charge in [-0.2, -0.15) is 0 Å². The van der Waals surface area contributed by atoms with Crippen LogP contribution in [0.4, 0.5) is 0 Å². The van der Waals surface area contributed by atoms with E-state index in [1.54, 1.807) is 0 Å². The third-order valence-electron chi connectivity index (χ3n) is 3.43. The highest BCUT2D eigenvalue weighted by Crippen LogP contribution is 2.10. The monoisotopic (exact) mass is 269 g/mol. The van der Waals surface area contributed by atoms with Crippen molar-refractivity contribution in [2.75, 3.05) is 26.2 Å². The van der Waals surface area contributed by atoms with Gasteiger partial charge in [-0.25, -0.2) is 0 Å². The molecule has 0 aliphatic carbocycles. The summed E-state index contributed by atoms with van der Waals surface area (Å²) in [7, 11) is 0. The lowest BCUT2D eigenvalue weighted by Crippen LogP contribution is -2.37. The van der Waals surface area contributed by atoms with Gasteiger partial charge in [0.2, 0.25) is 11.8 Å². The van der Waals surface area contributed by atoms with E-state index >= 15 is 0 Å². The molecule has 0 aromatic heterocycles. The summed E-state index contributed by atoms with van der Waals surface area (Å²) in [6, 6.07) is 0. The van der Waals surface area contributed by atoms with Crippen molar-refractivity contribution < 1.29 is 9.59 Å². The summed E-state index contributed by atoms with van der Waals surface area (Å²) in [5.41, 5.74) is 0. The van der Waals surface area contributed by atoms with Gasteiger partial charge in [0.15, 0.2) is 0 Å². The average molecular weight is 269 g/mol. The van der Waals surface area contributed by atoms with Crippen molar-refractivity contribution in [2.45, 2.75) is 39.5 Å². The molecule has 1 fully saturated rings. The zero-order chi connectivity index (χ0) is 14.1. The van der Waals surface area contributed by atoms with Crippen LogP contribution in [0.25, 0.3) is 0 Å². The number of carbonyl (C=O) groups excluding carboxylic acids is 2. The van der Waals surface area contributed by atoms with E-state index < -0.39 is 0 Å². The number of rotatable bonds is 8. The van der Waals surface area contributed by atoms with Crippen molar-refractivity contribution >= 4 is 11.8 Å². The predicted octanol–water partition coefficient (Wildman–Crippen LogP) is 0.655. The highest BCUT2D eigenvalue weighted by molar-refractivity contribution is 5.84. The number of amides is 2. The normalized spacial score (nSPS) is 18.6. The fraction of sp³-hybridized carbons (Fsp3) is 0.857. The Balaban J connectivity index is 1.99. The van der Waals surface area contributed by atoms with Gasteiger partial charge in [-0.05, 0) is 44.2 Å². The summed E-state index contributed by atoms with van der Waals surface area (Å²) in [5, 5.41) is 8.81. The van der Waals surface area contributed by atoms with Gasteiger partial charge in [-0.3, -0.25) is 9.59 Å². The minimum atomic E-state index is -0.0937. The van der Waals surface area contributed by atoms with Crippen molar-refractivity contribution in [3.63, 3.8) is 0 Å². The molecule has 19 heavy (non-hydrogen) atoms. The van der Waals surface area contributed by atoms with Gasteiger partial charge >= 0.3 is 0 Å². The molecule has 1 heterocycles. The van der Waals surface area contributed by atoms with E-state index in [2.05, 4.69) is 29.8 Å². The number of hydrogen-bond donors (Lipinski definition) is 3. The number of nitrogens with one attached hydrogen (secondary N) is 3. The van der Waals surface area contributed by atoms with Crippen LogP contribution in [-0.4, -0.2) is 38.0 Å². The molecular weight excluding hydrogens is 242 g/mol. The van der Waals surface area contributed by atoms with Crippen LogP contribution < -0.4 is 16.0 Å². The van der Waals surface area contributed by atoms with E-state index in [-0.39, 0.29) is 18.4 Å². The molecule has 0 aromatic rings. The van der Waals surface area contributed by atoms with Crippen LogP contribution in [0, 0.1) is 11.8 Å². The minimum absolute atomic E-state index is 0.0381. The summed E-state index contributed by atoms with van der Waals surface area (Å²) in [6.07, 6.45) is 3.57. The largest absolute Gasteiger partial charge is 0.355 e. The van der Waals surface area contributed by atoms with E-state index in [0.29, 0.717) is 24.8 Å². The van der Waals surface area contributed by atoms with Gasteiger partial charge in [-0.1, -0.05) is 13.8 Å². The van der Waals surface area contributed by atoms with E-state index in [9.17, 15) is 9.59 Å². The molecule has 1 aliphatic heterocycles. The van der Waals surface area contributed by atoms with Crippen molar-refractivity contribution in [3.05, 3.63) is 0 Å². The Hall–Kier alpha value is -1.10. The Morgan fingerprint density at radius 1 is 1.26 bits per heavy atom. The first-order chi connectivity index (χ1) is 9.08. The van der Waals surface area contributed by atoms with Gasteiger partial charge in [-0.15, -0.1) is 0 Å². The molecule has 1 saturated heterocycles. The van der Waals surface area contributed by atoms with Crippen LogP contribution in [-0.2, 0) is 9.59 Å². The molecule has 110 valence electrons. The Bertz CT molecular complexity index is 286. The second kappa shape index (κ2) is 8.91. The topological polar surface area (TPSA) is 70.2 Å². The first kappa shape index (κ1) is 16.0. The highest BCUT2D eigenvalue weighted by Gasteiger charge is 2.14. The van der Waals surface area contributed by atoms with Crippen LogP contribution >= 0.6 is 0 Å². The minimum Gasteiger partial charge on any atom is -0.355 e. The fourth-order valence-electron chi connectivity index (χ4n) is 2.13. The molecule has 0 bridgehead atoms. The molecule has 1 rings (SSSR count). The number of carbonyl (C=O) groups is 2. The maximum Gasteiger partial charge on any atom is 0.239 e. The fourth-order valence-corrected chi connectivity index (χ4v) is 2.13. The molecule has 0 saturated carbocycles. The van der Waals surface area contributed by atoms with Gasteiger partial charge in [0.25, 0.3) is 0 Å². The zero-order valence-electron chi connectivity index (χ0n) is 12.1. The van der Waals surface area contributed by atoms with Crippen LogP contribution in [0.3, 0.4) is 0 Å². The lowest BCUT2D eigenvalue weighted by Gasteiger charge is -2.10. The molecule has 2 amide bonds. The van der Waals surface area contributed by atoms with Crippen LogP contribution in [0.1, 0.15) is 39.5 Å². The molecule has 1 unspecified atom stereocenters. The second-order valence-corrected chi connectivity index (χ2v) is 5.71. The maximum absolute atomic E-state index is 11.5. The lowest BCUT2D eigenvalue weighted by molar-refractivity contribution is -0.126. The first-order valence-corrected chi connectivity index (χ1v) is 7.32. The van der Waals surface area contributed by atoms with Crippen LogP contribution in [0.5, 0.6) is 0 Å². The molecule has 1 atom stereocenters. The number of hydrogen-bond acceptors (Lipinski definition) is 3. The summed E-state index contributed by atoms with van der Waals surface area (Å²) in [5.74, 6) is 1.06. The Kier molecular flexibility index (Phi) is 7.48.